The molecule has 18 heavy (non-hydrogen) atoms. The average molecular weight is 244 g/mol. The molecule has 0 atom stereocenters. The van der Waals surface area contributed by atoms with Gasteiger partial charge in [-0.2, -0.15) is 0 Å². The zero-order valence-electron chi connectivity index (χ0n) is 10.4. The van der Waals surface area contributed by atoms with E-state index in [1.54, 1.807) is 16.7 Å². The minimum Gasteiger partial charge on any atom is -0.477 e. The zero-order chi connectivity index (χ0) is 13.3. The number of carbonyl (C=O) groups is 1. The first-order chi connectivity index (χ1) is 8.49. The van der Waals surface area contributed by atoms with Gasteiger partial charge in [0.15, 0.2) is 0 Å². The van der Waals surface area contributed by atoms with Crippen molar-refractivity contribution in [3.63, 3.8) is 0 Å². The smallest absolute Gasteiger partial charge is 0.352 e. The monoisotopic (exact) mass is 244 g/mol. The van der Waals surface area contributed by atoms with Crippen LogP contribution in [-0.2, 0) is 0 Å². The molecule has 0 fully saturated rings. The molecular formula is C14H16N2O2. The lowest BCUT2D eigenvalue weighted by Gasteiger charge is -2.09. The Labute approximate surface area is 106 Å². The third kappa shape index (κ3) is 2.22. The van der Waals surface area contributed by atoms with Crippen LogP contribution in [0.25, 0.3) is 11.1 Å². The third-order valence-corrected chi connectivity index (χ3v) is 2.84. The number of carboxylic acids is 1. The first kappa shape index (κ1) is 12.2. The van der Waals surface area contributed by atoms with Crippen LogP contribution in [0.2, 0.25) is 0 Å². The number of nitrogens with two attached hydrogens (primary N) is 1. The summed E-state index contributed by atoms with van der Waals surface area (Å²) in [6.07, 6.45) is 1.85. The van der Waals surface area contributed by atoms with Crippen molar-refractivity contribution in [3.8, 4) is 11.1 Å². The summed E-state index contributed by atoms with van der Waals surface area (Å²) in [5.41, 5.74) is 8.50. The van der Waals surface area contributed by atoms with Gasteiger partial charge in [0.05, 0.1) is 0 Å². The largest absolute Gasteiger partial charge is 0.477 e. The minimum absolute atomic E-state index is 0.103. The molecule has 1 aromatic heterocycles. The van der Waals surface area contributed by atoms with Crippen LogP contribution in [0, 0.1) is 0 Å². The van der Waals surface area contributed by atoms with Gasteiger partial charge in [-0.3, -0.25) is 0 Å². The van der Waals surface area contributed by atoms with E-state index in [0.717, 1.165) is 11.1 Å². The van der Waals surface area contributed by atoms with Crippen LogP contribution in [0.5, 0.6) is 0 Å². The van der Waals surface area contributed by atoms with Crippen LogP contribution in [0.15, 0.2) is 36.5 Å². The van der Waals surface area contributed by atoms with Gasteiger partial charge < -0.3 is 15.4 Å². The van der Waals surface area contributed by atoms with Gasteiger partial charge in [-0.1, -0.05) is 12.1 Å². The number of aromatic nitrogens is 1. The molecule has 0 spiro atoms. The molecule has 4 heteroatoms. The molecule has 1 heterocycles. The fourth-order valence-corrected chi connectivity index (χ4v) is 1.95. The van der Waals surface area contributed by atoms with Crippen LogP contribution < -0.4 is 5.73 Å². The predicted octanol–water partition coefficient (Wildman–Crippen LogP) is 3.02. The molecule has 2 rings (SSSR count). The van der Waals surface area contributed by atoms with Gasteiger partial charge in [0.1, 0.15) is 5.69 Å². The van der Waals surface area contributed by atoms with E-state index in [1.807, 2.05) is 38.2 Å². The van der Waals surface area contributed by atoms with E-state index in [0.29, 0.717) is 11.4 Å². The maximum absolute atomic E-state index is 11.2. The Balaban J connectivity index is 2.53. The number of hydrogen-bond acceptors (Lipinski definition) is 2. The highest BCUT2D eigenvalue weighted by Gasteiger charge is 2.15. The van der Waals surface area contributed by atoms with Crippen LogP contribution >= 0.6 is 0 Å². The van der Waals surface area contributed by atoms with Crippen LogP contribution in [-0.4, -0.2) is 15.6 Å². The van der Waals surface area contributed by atoms with Gasteiger partial charge in [0.2, 0.25) is 0 Å². The molecule has 3 N–H and O–H groups in total. The van der Waals surface area contributed by atoms with E-state index >= 15 is 0 Å². The zero-order valence-corrected chi connectivity index (χ0v) is 10.4. The van der Waals surface area contributed by atoms with Gasteiger partial charge >= 0.3 is 5.97 Å². The standard InChI is InChI=1S/C14H16N2O2/c1-9(2)16-8-11(7-13(16)14(17)18)10-4-3-5-12(15)6-10/h3-9H,15H2,1-2H3,(H,17,18). The van der Waals surface area contributed by atoms with Gasteiger partial charge in [-0.25, -0.2) is 4.79 Å². The van der Waals surface area contributed by atoms with Crippen molar-refractivity contribution < 1.29 is 9.90 Å². The van der Waals surface area contributed by atoms with E-state index in [2.05, 4.69) is 0 Å². The molecule has 0 aliphatic heterocycles. The second-order valence-corrected chi connectivity index (χ2v) is 4.55. The SMILES string of the molecule is CC(C)n1cc(-c2cccc(N)c2)cc1C(=O)O. The van der Waals surface area contributed by atoms with Gasteiger partial charge in [0.25, 0.3) is 0 Å². The lowest BCUT2D eigenvalue weighted by Crippen LogP contribution is -2.09. The molecule has 2 aromatic rings. The second kappa shape index (κ2) is 4.56. The molecular weight excluding hydrogens is 228 g/mol. The highest BCUT2D eigenvalue weighted by molar-refractivity contribution is 5.88. The van der Waals surface area contributed by atoms with E-state index < -0.39 is 5.97 Å². The molecule has 4 nitrogen and oxygen atoms in total. The molecule has 1 aromatic carbocycles. The number of carboxylic acid groups (broad SMARTS) is 1. The van der Waals surface area contributed by atoms with Gasteiger partial charge in [-0.05, 0) is 37.6 Å². The summed E-state index contributed by atoms with van der Waals surface area (Å²) in [6.45, 7) is 3.91. The number of rotatable bonds is 3. The van der Waals surface area contributed by atoms with Gasteiger partial charge in [-0.15, -0.1) is 0 Å². The minimum atomic E-state index is -0.918. The topological polar surface area (TPSA) is 68.2 Å². The summed E-state index contributed by atoms with van der Waals surface area (Å²) < 4.78 is 1.75. The van der Waals surface area contributed by atoms with Crippen molar-refractivity contribution >= 4 is 11.7 Å². The summed E-state index contributed by atoms with van der Waals surface area (Å²) in [7, 11) is 0. The van der Waals surface area contributed by atoms with Crippen LogP contribution in [0.4, 0.5) is 5.69 Å². The lowest BCUT2D eigenvalue weighted by molar-refractivity contribution is 0.0683. The second-order valence-electron chi connectivity index (χ2n) is 4.55. The summed E-state index contributed by atoms with van der Waals surface area (Å²) in [5.74, 6) is -0.918. The summed E-state index contributed by atoms with van der Waals surface area (Å²) >= 11 is 0. The normalized spacial score (nSPS) is 10.8. The van der Waals surface area contributed by atoms with Crippen molar-refractivity contribution in [2.45, 2.75) is 19.9 Å². The average Bonchev–Trinajstić information content (AvgIpc) is 2.73. The summed E-state index contributed by atoms with van der Waals surface area (Å²) in [5, 5.41) is 9.18. The number of hydrogen-bond donors (Lipinski definition) is 2. The molecule has 0 bridgehead atoms. The fraction of sp³-hybridized carbons (Fsp3) is 0.214. The molecule has 94 valence electrons. The number of benzene rings is 1. The highest BCUT2D eigenvalue weighted by Crippen LogP contribution is 2.26. The molecule has 0 aliphatic carbocycles. The maximum atomic E-state index is 11.2. The maximum Gasteiger partial charge on any atom is 0.352 e. The Hall–Kier alpha value is -2.23. The Morgan fingerprint density at radius 1 is 1.28 bits per heavy atom. The molecule has 0 aliphatic rings. The van der Waals surface area contributed by atoms with Crippen molar-refractivity contribution in [2.75, 3.05) is 5.73 Å². The van der Waals surface area contributed by atoms with Gasteiger partial charge in [0, 0.05) is 23.5 Å². The van der Waals surface area contributed by atoms with Crippen molar-refractivity contribution in [1.82, 2.24) is 4.57 Å². The van der Waals surface area contributed by atoms with Crippen molar-refractivity contribution in [2.24, 2.45) is 0 Å². The summed E-state index contributed by atoms with van der Waals surface area (Å²) in [6, 6.07) is 9.20. The first-order valence-corrected chi connectivity index (χ1v) is 5.80. The van der Waals surface area contributed by atoms with E-state index in [4.69, 9.17) is 5.73 Å². The number of aromatic carboxylic acids is 1. The van der Waals surface area contributed by atoms with Crippen molar-refractivity contribution in [1.29, 1.82) is 0 Å². The Kier molecular flexibility index (Phi) is 3.10. The van der Waals surface area contributed by atoms with E-state index in [9.17, 15) is 9.90 Å². The Morgan fingerprint density at radius 3 is 2.50 bits per heavy atom. The molecule has 0 saturated carbocycles. The summed E-state index contributed by atoms with van der Waals surface area (Å²) in [4.78, 5) is 11.2. The Bertz CT molecular complexity index is 585. The predicted molar refractivity (Wildman–Crippen MR) is 71.6 cm³/mol. The number of nitrogens with zero attached hydrogens (tertiary/aromatic N) is 1. The molecule has 0 saturated heterocycles. The van der Waals surface area contributed by atoms with E-state index in [-0.39, 0.29) is 6.04 Å². The molecule has 0 unspecified atom stereocenters. The molecule has 0 amide bonds. The van der Waals surface area contributed by atoms with Crippen LogP contribution in [0.3, 0.4) is 0 Å². The fourth-order valence-electron chi connectivity index (χ4n) is 1.95. The highest BCUT2D eigenvalue weighted by atomic mass is 16.4. The van der Waals surface area contributed by atoms with Crippen LogP contribution in [0.1, 0.15) is 30.4 Å². The quantitative estimate of drug-likeness (QED) is 0.815. The lowest BCUT2D eigenvalue weighted by atomic mass is 10.1. The number of nitrogen functional groups attached to an aromatic ring is 1. The Morgan fingerprint density at radius 2 is 2.00 bits per heavy atom. The van der Waals surface area contributed by atoms with Crippen molar-refractivity contribution in [3.05, 3.63) is 42.2 Å². The number of anilines is 1. The third-order valence-electron chi connectivity index (χ3n) is 2.84. The molecule has 0 radical (unpaired) electrons. The first-order valence-electron chi connectivity index (χ1n) is 5.80. The van der Waals surface area contributed by atoms with E-state index in [1.165, 1.54) is 0 Å².